The Hall–Kier alpha value is -1.15. The third-order valence-electron chi connectivity index (χ3n) is 2.13. The zero-order valence-electron chi connectivity index (χ0n) is 8.61. The topological polar surface area (TPSA) is 33.1 Å². The smallest absolute Gasteiger partial charge is 0.0583 e. The van der Waals surface area contributed by atoms with E-state index in [1.807, 2.05) is 19.1 Å². The Labute approximate surface area is 85.3 Å². The summed E-state index contributed by atoms with van der Waals surface area (Å²) in [5, 5.41) is 9.69. The van der Waals surface area contributed by atoms with Crippen LogP contribution in [0.2, 0.25) is 0 Å². The normalized spacial score (nSPS) is 12.4. The van der Waals surface area contributed by atoms with Gasteiger partial charge in [-0.3, -0.25) is 4.98 Å². The van der Waals surface area contributed by atoms with Gasteiger partial charge in [0.15, 0.2) is 0 Å². The molecule has 2 nitrogen and oxygen atoms in total. The van der Waals surface area contributed by atoms with Crippen LogP contribution in [0.3, 0.4) is 0 Å². The van der Waals surface area contributed by atoms with E-state index in [1.165, 1.54) is 0 Å². The maximum Gasteiger partial charge on any atom is 0.0583 e. The summed E-state index contributed by atoms with van der Waals surface area (Å²) in [6.07, 6.45) is 5.62. The molecular weight excluding hydrogens is 174 g/mol. The summed E-state index contributed by atoms with van der Waals surface area (Å²) in [7, 11) is 0. The fourth-order valence-corrected chi connectivity index (χ4v) is 1.31. The molecule has 0 bridgehead atoms. The molecule has 0 aliphatic carbocycles. The van der Waals surface area contributed by atoms with Gasteiger partial charge < -0.3 is 5.11 Å². The van der Waals surface area contributed by atoms with Crippen molar-refractivity contribution >= 4 is 0 Å². The van der Waals surface area contributed by atoms with Gasteiger partial charge in [0.05, 0.1) is 6.10 Å². The van der Waals surface area contributed by atoms with Gasteiger partial charge in [0, 0.05) is 12.4 Å². The molecule has 0 aliphatic rings. The summed E-state index contributed by atoms with van der Waals surface area (Å²) in [5.41, 5.74) is 2.26. The summed E-state index contributed by atoms with van der Waals surface area (Å²) in [6, 6.07) is 3.87. The van der Waals surface area contributed by atoms with Crippen molar-refractivity contribution in [2.75, 3.05) is 0 Å². The van der Waals surface area contributed by atoms with E-state index in [4.69, 9.17) is 0 Å². The maximum atomic E-state index is 9.69. The van der Waals surface area contributed by atoms with Gasteiger partial charge in [-0.15, -0.1) is 6.58 Å². The molecule has 1 aromatic heterocycles. The van der Waals surface area contributed by atoms with Crippen LogP contribution in [0.25, 0.3) is 0 Å². The van der Waals surface area contributed by atoms with Gasteiger partial charge in [-0.1, -0.05) is 5.57 Å². The molecule has 1 aromatic rings. The molecule has 1 N–H and O–H groups in total. The first-order valence-electron chi connectivity index (χ1n) is 4.90. The second-order valence-electron chi connectivity index (χ2n) is 3.71. The highest BCUT2D eigenvalue weighted by atomic mass is 16.3. The van der Waals surface area contributed by atoms with Gasteiger partial charge in [-0.2, -0.15) is 0 Å². The highest BCUT2D eigenvalue weighted by Crippen LogP contribution is 2.09. The molecule has 1 atom stereocenters. The van der Waals surface area contributed by atoms with Crippen molar-refractivity contribution in [3.8, 4) is 0 Å². The Morgan fingerprint density at radius 2 is 2.14 bits per heavy atom. The zero-order valence-corrected chi connectivity index (χ0v) is 8.61. The molecule has 2 heteroatoms. The Bertz CT molecular complexity index is 282. The van der Waals surface area contributed by atoms with Crippen LogP contribution < -0.4 is 0 Å². The Morgan fingerprint density at radius 3 is 2.71 bits per heavy atom. The molecule has 0 spiro atoms. The lowest BCUT2D eigenvalue weighted by Gasteiger charge is -2.09. The van der Waals surface area contributed by atoms with E-state index in [0.29, 0.717) is 6.42 Å². The third-order valence-corrected chi connectivity index (χ3v) is 2.13. The number of nitrogens with zero attached hydrogens (tertiary/aromatic N) is 1. The van der Waals surface area contributed by atoms with Crippen molar-refractivity contribution in [2.24, 2.45) is 0 Å². The fourth-order valence-electron chi connectivity index (χ4n) is 1.31. The van der Waals surface area contributed by atoms with E-state index < -0.39 is 0 Å². The van der Waals surface area contributed by atoms with Gasteiger partial charge >= 0.3 is 0 Å². The maximum absolute atomic E-state index is 9.69. The van der Waals surface area contributed by atoms with Crippen LogP contribution in [-0.2, 0) is 6.42 Å². The van der Waals surface area contributed by atoms with Gasteiger partial charge in [0.2, 0.25) is 0 Å². The molecule has 0 amide bonds. The van der Waals surface area contributed by atoms with Gasteiger partial charge in [0.1, 0.15) is 0 Å². The lowest BCUT2D eigenvalue weighted by Crippen LogP contribution is -2.10. The van der Waals surface area contributed by atoms with E-state index in [1.54, 1.807) is 12.4 Å². The molecule has 0 aliphatic heterocycles. The minimum absolute atomic E-state index is 0.269. The van der Waals surface area contributed by atoms with E-state index in [-0.39, 0.29) is 6.10 Å². The SMILES string of the molecule is C=C(C)CCC(O)Cc1ccncc1. The van der Waals surface area contributed by atoms with Crippen molar-refractivity contribution < 1.29 is 5.11 Å². The summed E-state index contributed by atoms with van der Waals surface area (Å²) in [5.74, 6) is 0. The largest absolute Gasteiger partial charge is 0.393 e. The van der Waals surface area contributed by atoms with E-state index >= 15 is 0 Å². The first kappa shape index (κ1) is 10.9. The number of hydrogen-bond donors (Lipinski definition) is 1. The summed E-state index contributed by atoms with van der Waals surface area (Å²) < 4.78 is 0. The summed E-state index contributed by atoms with van der Waals surface area (Å²) >= 11 is 0. The molecule has 0 fully saturated rings. The molecule has 76 valence electrons. The molecule has 0 saturated heterocycles. The highest BCUT2D eigenvalue weighted by molar-refractivity contribution is 5.10. The van der Waals surface area contributed by atoms with Crippen LogP contribution in [0, 0.1) is 0 Å². The third kappa shape index (κ3) is 4.19. The number of pyridine rings is 1. The lowest BCUT2D eigenvalue weighted by molar-refractivity contribution is 0.165. The minimum Gasteiger partial charge on any atom is -0.393 e. The predicted octanol–water partition coefficient (Wildman–Crippen LogP) is 2.34. The molecule has 0 saturated carbocycles. The van der Waals surface area contributed by atoms with Crippen molar-refractivity contribution in [2.45, 2.75) is 32.3 Å². The number of allylic oxidation sites excluding steroid dienone is 1. The second-order valence-corrected chi connectivity index (χ2v) is 3.71. The molecule has 1 rings (SSSR count). The van der Waals surface area contributed by atoms with Gasteiger partial charge in [-0.25, -0.2) is 0 Å². The number of aromatic nitrogens is 1. The van der Waals surface area contributed by atoms with Crippen molar-refractivity contribution in [3.05, 3.63) is 42.2 Å². The number of rotatable bonds is 5. The Kier molecular flexibility index (Phi) is 4.33. The molecule has 1 unspecified atom stereocenters. The highest BCUT2D eigenvalue weighted by Gasteiger charge is 2.04. The van der Waals surface area contributed by atoms with Crippen LogP contribution >= 0.6 is 0 Å². The molecular formula is C12H17NO. The van der Waals surface area contributed by atoms with Crippen molar-refractivity contribution in [1.82, 2.24) is 4.98 Å². The van der Waals surface area contributed by atoms with E-state index in [9.17, 15) is 5.11 Å². The average molecular weight is 191 g/mol. The monoisotopic (exact) mass is 191 g/mol. The molecule has 1 heterocycles. The first-order chi connectivity index (χ1) is 6.68. The van der Waals surface area contributed by atoms with Crippen LogP contribution in [0.5, 0.6) is 0 Å². The Balaban J connectivity index is 2.34. The number of aliphatic hydroxyl groups is 1. The fraction of sp³-hybridized carbons (Fsp3) is 0.417. The molecule has 14 heavy (non-hydrogen) atoms. The summed E-state index contributed by atoms with van der Waals surface area (Å²) in [6.45, 7) is 5.80. The lowest BCUT2D eigenvalue weighted by atomic mass is 10.0. The average Bonchev–Trinajstić information content (AvgIpc) is 2.16. The van der Waals surface area contributed by atoms with Crippen molar-refractivity contribution in [1.29, 1.82) is 0 Å². The van der Waals surface area contributed by atoms with Crippen LogP contribution in [0.15, 0.2) is 36.7 Å². The Morgan fingerprint density at radius 1 is 1.50 bits per heavy atom. The zero-order chi connectivity index (χ0) is 10.4. The standard InChI is InChI=1S/C12H17NO/c1-10(2)3-4-12(14)9-11-5-7-13-8-6-11/h5-8,12,14H,1,3-4,9H2,2H3. The van der Waals surface area contributed by atoms with Crippen molar-refractivity contribution in [3.63, 3.8) is 0 Å². The van der Waals surface area contributed by atoms with Crippen LogP contribution in [-0.4, -0.2) is 16.2 Å². The van der Waals surface area contributed by atoms with Gasteiger partial charge in [-0.05, 0) is 43.9 Å². The second kappa shape index (κ2) is 5.55. The predicted molar refractivity (Wildman–Crippen MR) is 58.0 cm³/mol. The quantitative estimate of drug-likeness (QED) is 0.725. The summed E-state index contributed by atoms with van der Waals surface area (Å²) in [4.78, 5) is 3.93. The minimum atomic E-state index is -0.269. The number of aliphatic hydroxyl groups excluding tert-OH is 1. The van der Waals surface area contributed by atoms with Gasteiger partial charge in [0.25, 0.3) is 0 Å². The molecule has 0 aromatic carbocycles. The van der Waals surface area contributed by atoms with E-state index in [0.717, 1.165) is 24.0 Å². The van der Waals surface area contributed by atoms with Crippen LogP contribution in [0.1, 0.15) is 25.3 Å². The van der Waals surface area contributed by atoms with Crippen LogP contribution in [0.4, 0.5) is 0 Å². The first-order valence-corrected chi connectivity index (χ1v) is 4.90. The number of hydrogen-bond acceptors (Lipinski definition) is 2. The molecule has 0 radical (unpaired) electrons. The van der Waals surface area contributed by atoms with E-state index in [2.05, 4.69) is 11.6 Å².